The van der Waals surface area contributed by atoms with Crippen molar-refractivity contribution >= 4 is 23.6 Å². The standard InChI is InChI=1S/C38H58N4O6/c1-5-9-13-15-18-28-20-22-32(43)30(26-28)34(45)39-41-36(47)38(24-12-8-4,25-17-11-7-3)37(48)42-40-35(46)31-27-29(21-23-33(31)44)19-16-14-10-6-2/h20-23,26-27,43-44H,5-19,24-25H2,1-4H3,(H,39,45)(H,40,46)(H,41,47)(H,42,48). The number of rotatable bonds is 21. The summed E-state index contributed by atoms with van der Waals surface area (Å²) in [5.41, 5.74) is 9.95. The van der Waals surface area contributed by atoms with Crippen LogP contribution in [0.2, 0.25) is 0 Å². The van der Waals surface area contributed by atoms with E-state index in [0.29, 0.717) is 19.3 Å². The van der Waals surface area contributed by atoms with Crippen LogP contribution in [0.25, 0.3) is 0 Å². The van der Waals surface area contributed by atoms with E-state index in [1.54, 1.807) is 24.3 Å². The minimum absolute atomic E-state index is 0.0255. The molecule has 2 rings (SSSR count). The van der Waals surface area contributed by atoms with Crippen molar-refractivity contribution in [1.29, 1.82) is 0 Å². The lowest BCUT2D eigenvalue weighted by molar-refractivity contribution is -0.146. The molecular formula is C38H58N4O6. The number of hydrazine groups is 2. The van der Waals surface area contributed by atoms with Gasteiger partial charge in [0.2, 0.25) is 0 Å². The van der Waals surface area contributed by atoms with Crippen LogP contribution < -0.4 is 21.7 Å². The molecule has 0 spiro atoms. The van der Waals surface area contributed by atoms with Crippen LogP contribution in [0.5, 0.6) is 11.5 Å². The number of unbranched alkanes of at least 4 members (excludes halogenated alkanes) is 9. The molecule has 0 heterocycles. The van der Waals surface area contributed by atoms with Crippen LogP contribution in [-0.4, -0.2) is 33.8 Å². The quantitative estimate of drug-likeness (QED) is 0.0466. The van der Waals surface area contributed by atoms with E-state index in [2.05, 4.69) is 35.6 Å². The molecule has 6 N–H and O–H groups in total. The maximum absolute atomic E-state index is 13.9. The molecule has 0 radical (unpaired) electrons. The molecule has 48 heavy (non-hydrogen) atoms. The molecule has 0 aliphatic rings. The van der Waals surface area contributed by atoms with Crippen LogP contribution in [0.4, 0.5) is 0 Å². The lowest BCUT2D eigenvalue weighted by atomic mass is 9.76. The molecule has 0 bridgehead atoms. The number of phenolic OH excluding ortho intramolecular Hbond substituents is 2. The Hall–Kier alpha value is -4.08. The molecule has 2 aromatic rings. The van der Waals surface area contributed by atoms with Gasteiger partial charge in [0.05, 0.1) is 11.1 Å². The van der Waals surface area contributed by atoms with Crippen molar-refractivity contribution in [3.8, 4) is 11.5 Å². The van der Waals surface area contributed by atoms with Crippen LogP contribution in [0.3, 0.4) is 0 Å². The summed E-state index contributed by atoms with van der Waals surface area (Å²) < 4.78 is 0. The predicted molar refractivity (Wildman–Crippen MR) is 189 cm³/mol. The van der Waals surface area contributed by atoms with E-state index in [0.717, 1.165) is 88.2 Å². The lowest BCUT2D eigenvalue weighted by Gasteiger charge is -2.31. The Morgan fingerprint density at radius 1 is 0.521 bits per heavy atom. The zero-order chi connectivity index (χ0) is 35.4. The minimum atomic E-state index is -1.60. The average Bonchev–Trinajstić information content (AvgIpc) is 3.09. The highest BCUT2D eigenvalue weighted by atomic mass is 16.3. The summed E-state index contributed by atoms with van der Waals surface area (Å²) in [5.74, 6) is -3.25. The monoisotopic (exact) mass is 666 g/mol. The Balaban J connectivity index is 2.21. The molecule has 10 heteroatoms. The summed E-state index contributed by atoms with van der Waals surface area (Å²) in [6, 6.07) is 9.74. The van der Waals surface area contributed by atoms with Crippen molar-refractivity contribution in [3.05, 3.63) is 58.7 Å². The molecule has 10 nitrogen and oxygen atoms in total. The second-order valence-corrected chi connectivity index (χ2v) is 12.8. The Morgan fingerprint density at radius 2 is 0.917 bits per heavy atom. The molecule has 0 aliphatic carbocycles. The minimum Gasteiger partial charge on any atom is -0.507 e. The van der Waals surface area contributed by atoms with Crippen molar-refractivity contribution in [1.82, 2.24) is 21.7 Å². The first kappa shape index (κ1) is 40.1. The highest BCUT2D eigenvalue weighted by Gasteiger charge is 2.45. The van der Waals surface area contributed by atoms with Gasteiger partial charge in [-0.2, -0.15) is 0 Å². The molecule has 266 valence electrons. The number of carbonyl (C=O) groups excluding carboxylic acids is 4. The molecule has 0 saturated carbocycles. The van der Waals surface area contributed by atoms with Gasteiger partial charge in [-0.15, -0.1) is 0 Å². The van der Waals surface area contributed by atoms with E-state index in [4.69, 9.17) is 0 Å². The fourth-order valence-electron chi connectivity index (χ4n) is 5.79. The number of aromatic hydroxyl groups is 2. The number of aryl methyl sites for hydroxylation is 2. The smallest absolute Gasteiger partial charge is 0.273 e. The molecule has 0 saturated heterocycles. The Labute approximate surface area is 286 Å². The molecular weight excluding hydrogens is 608 g/mol. The van der Waals surface area contributed by atoms with Gasteiger partial charge in [-0.1, -0.05) is 110 Å². The van der Waals surface area contributed by atoms with E-state index >= 15 is 0 Å². The van der Waals surface area contributed by atoms with E-state index < -0.39 is 29.0 Å². The Kier molecular flexibility index (Phi) is 18.1. The Bertz CT molecular complexity index is 1240. The summed E-state index contributed by atoms with van der Waals surface area (Å²) >= 11 is 0. The van der Waals surface area contributed by atoms with Crippen LogP contribution in [0.15, 0.2) is 36.4 Å². The van der Waals surface area contributed by atoms with Gasteiger partial charge in [-0.05, 0) is 73.9 Å². The van der Waals surface area contributed by atoms with Crippen molar-refractivity contribution in [2.75, 3.05) is 0 Å². The van der Waals surface area contributed by atoms with Crippen LogP contribution in [-0.2, 0) is 22.4 Å². The SMILES string of the molecule is CCCCCCc1ccc(O)c(C(=O)NNC(=O)C(CCCC)(CCCCC)C(=O)NNC(=O)c2cc(CCCCCC)ccc2O)c1. The van der Waals surface area contributed by atoms with Gasteiger partial charge in [0, 0.05) is 0 Å². The van der Waals surface area contributed by atoms with Gasteiger partial charge in [0.25, 0.3) is 23.6 Å². The first-order valence-corrected chi connectivity index (χ1v) is 18.0. The molecule has 0 unspecified atom stereocenters. The van der Waals surface area contributed by atoms with Gasteiger partial charge in [-0.3, -0.25) is 40.9 Å². The Morgan fingerprint density at radius 3 is 1.33 bits per heavy atom. The van der Waals surface area contributed by atoms with Gasteiger partial charge >= 0.3 is 0 Å². The maximum Gasteiger partial charge on any atom is 0.273 e. The van der Waals surface area contributed by atoms with E-state index in [-0.39, 0.29) is 35.5 Å². The second-order valence-electron chi connectivity index (χ2n) is 12.8. The highest BCUT2D eigenvalue weighted by Crippen LogP contribution is 2.32. The van der Waals surface area contributed by atoms with Crippen molar-refractivity contribution in [3.63, 3.8) is 0 Å². The second kappa shape index (κ2) is 21.7. The summed E-state index contributed by atoms with van der Waals surface area (Å²) in [4.78, 5) is 54.0. The predicted octanol–water partition coefficient (Wildman–Crippen LogP) is 7.32. The fourth-order valence-corrected chi connectivity index (χ4v) is 5.79. The number of benzene rings is 2. The van der Waals surface area contributed by atoms with Crippen molar-refractivity contribution in [2.24, 2.45) is 5.41 Å². The molecule has 2 aromatic carbocycles. The maximum atomic E-state index is 13.9. The number of phenols is 2. The van der Waals surface area contributed by atoms with Crippen molar-refractivity contribution in [2.45, 2.75) is 137 Å². The molecule has 0 aromatic heterocycles. The van der Waals surface area contributed by atoms with E-state index in [1.807, 2.05) is 13.8 Å². The molecule has 0 fully saturated rings. The van der Waals surface area contributed by atoms with Crippen LogP contribution >= 0.6 is 0 Å². The molecule has 0 atom stereocenters. The van der Waals surface area contributed by atoms with Crippen LogP contribution in [0, 0.1) is 5.41 Å². The van der Waals surface area contributed by atoms with Gasteiger partial charge in [0.15, 0.2) is 0 Å². The number of hydrogen-bond acceptors (Lipinski definition) is 6. The summed E-state index contributed by atoms with van der Waals surface area (Å²) in [6.45, 7) is 8.24. The highest BCUT2D eigenvalue weighted by molar-refractivity contribution is 6.07. The summed E-state index contributed by atoms with van der Waals surface area (Å²) in [7, 11) is 0. The van der Waals surface area contributed by atoms with E-state index in [9.17, 15) is 29.4 Å². The third-order valence-corrected chi connectivity index (χ3v) is 8.86. The fraction of sp³-hybridized carbons (Fsp3) is 0.579. The largest absolute Gasteiger partial charge is 0.507 e. The number of amides is 4. The zero-order valence-corrected chi connectivity index (χ0v) is 29.5. The number of hydrogen-bond donors (Lipinski definition) is 6. The third-order valence-electron chi connectivity index (χ3n) is 8.86. The topological polar surface area (TPSA) is 157 Å². The first-order valence-electron chi connectivity index (χ1n) is 18.0. The summed E-state index contributed by atoms with van der Waals surface area (Å²) in [5, 5.41) is 20.8. The number of carbonyl (C=O) groups is 4. The van der Waals surface area contributed by atoms with Crippen LogP contribution in [0.1, 0.15) is 156 Å². The van der Waals surface area contributed by atoms with Gasteiger partial charge in [-0.25, -0.2) is 0 Å². The van der Waals surface area contributed by atoms with Gasteiger partial charge in [0.1, 0.15) is 16.9 Å². The molecule has 0 aliphatic heterocycles. The molecule has 4 amide bonds. The van der Waals surface area contributed by atoms with E-state index in [1.165, 1.54) is 12.1 Å². The average molecular weight is 667 g/mol. The first-order chi connectivity index (χ1) is 23.1. The summed E-state index contributed by atoms with van der Waals surface area (Å²) in [6.07, 6.45) is 13.9. The normalized spacial score (nSPS) is 11.2. The van der Waals surface area contributed by atoms with Gasteiger partial charge < -0.3 is 10.2 Å². The lowest BCUT2D eigenvalue weighted by Crippen LogP contribution is -2.58. The number of nitrogens with one attached hydrogen (secondary N) is 4. The zero-order valence-electron chi connectivity index (χ0n) is 29.5. The van der Waals surface area contributed by atoms with Crippen molar-refractivity contribution < 1.29 is 29.4 Å². The third kappa shape index (κ3) is 12.5.